The van der Waals surface area contributed by atoms with Crippen molar-refractivity contribution in [3.8, 4) is 0 Å². The first kappa shape index (κ1) is 17.7. The maximum atomic E-state index is 2.79. The monoisotopic (exact) mass is 321 g/mol. The van der Waals surface area contributed by atoms with Gasteiger partial charge in [-0.25, -0.2) is 0 Å². The number of hydrogen-bond acceptors (Lipinski definition) is 3. The second-order valence-electron chi connectivity index (χ2n) is 9.19. The third kappa shape index (κ3) is 4.29. The molecule has 3 heteroatoms. The van der Waals surface area contributed by atoms with E-state index in [4.69, 9.17) is 0 Å². The highest BCUT2D eigenvalue weighted by Crippen LogP contribution is 2.41. The van der Waals surface area contributed by atoms with Crippen LogP contribution in [0.4, 0.5) is 0 Å². The van der Waals surface area contributed by atoms with Crippen LogP contribution >= 0.6 is 0 Å². The normalized spacial score (nSPS) is 28.4. The molecule has 3 rings (SSSR count). The van der Waals surface area contributed by atoms with E-state index in [0.29, 0.717) is 5.41 Å². The molecule has 0 saturated carbocycles. The summed E-state index contributed by atoms with van der Waals surface area (Å²) in [6.45, 7) is 18.8. The van der Waals surface area contributed by atoms with Gasteiger partial charge >= 0.3 is 0 Å². The predicted molar refractivity (Wildman–Crippen MR) is 98.9 cm³/mol. The quantitative estimate of drug-likeness (QED) is 0.786. The fourth-order valence-electron chi connectivity index (χ4n) is 5.05. The van der Waals surface area contributed by atoms with E-state index in [9.17, 15) is 0 Å². The molecule has 0 unspecified atom stereocenters. The molecule has 0 atom stereocenters. The van der Waals surface area contributed by atoms with E-state index in [-0.39, 0.29) is 0 Å². The van der Waals surface area contributed by atoms with Crippen LogP contribution in [0.5, 0.6) is 0 Å². The highest BCUT2D eigenvalue weighted by Gasteiger charge is 2.41. The summed E-state index contributed by atoms with van der Waals surface area (Å²) in [5.41, 5.74) is 0.668. The second-order valence-corrected chi connectivity index (χ2v) is 9.19. The van der Waals surface area contributed by atoms with Crippen molar-refractivity contribution < 1.29 is 0 Å². The molecule has 0 N–H and O–H groups in total. The van der Waals surface area contributed by atoms with Gasteiger partial charge in [0, 0.05) is 25.2 Å². The Balaban J connectivity index is 1.40. The average molecular weight is 322 g/mol. The van der Waals surface area contributed by atoms with Crippen LogP contribution < -0.4 is 0 Å². The molecular formula is C20H39N3. The van der Waals surface area contributed by atoms with E-state index >= 15 is 0 Å². The molecule has 3 heterocycles. The molecule has 3 fully saturated rings. The molecule has 1 spiro atoms. The van der Waals surface area contributed by atoms with Crippen molar-refractivity contribution >= 4 is 0 Å². The molecule has 23 heavy (non-hydrogen) atoms. The zero-order valence-corrected chi connectivity index (χ0v) is 16.1. The zero-order valence-electron chi connectivity index (χ0n) is 16.1. The van der Waals surface area contributed by atoms with E-state index in [1.807, 2.05) is 0 Å². The number of hydrogen-bond donors (Lipinski definition) is 0. The van der Waals surface area contributed by atoms with Gasteiger partial charge in [0.2, 0.25) is 0 Å². The van der Waals surface area contributed by atoms with Crippen molar-refractivity contribution in [3.63, 3.8) is 0 Å². The van der Waals surface area contributed by atoms with Gasteiger partial charge in [0.1, 0.15) is 0 Å². The largest absolute Gasteiger partial charge is 0.303 e. The van der Waals surface area contributed by atoms with Crippen LogP contribution in [-0.2, 0) is 0 Å². The minimum atomic E-state index is 0.668. The van der Waals surface area contributed by atoms with Gasteiger partial charge in [-0.2, -0.15) is 0 Å². The SMILES string of the molecule is CC(C)N1CCC(CN2CCC3(CC2)CCN(C(C)C)C3)CC1. The lowest BCUT2D eigenvalue weighted by atomic mass is 9.77. The van der Waals surface area contributed by atoms with Gasteiger partial charge in [-0.15, -0.1) is 0 Å². The number of nitrogens with zero attached hydrogens (tertiary/aromatic N) is 3. The van der Waals surface area contributed by atoms with E-state index < -0.39 is 0 Å². The molecule has 3 aliphatic rings. The number of piperidine rings is 2. The van der Waals surface area contributed by atoms with Gasteiger partial charge < -0.3 is 14.7 Å². The van der Waals surface area contributed by atoms with Gasteiger partial charge in [-0.05, 0) is 104 Å². The summed E-state index contributed by atoms with van der Waals surface area (Å²) in [5, 5.41) is 0. The third-order valence-electron chi connectivity index (χ3n) is 7.01. The molecule has 0 aromatic carbocycles. The summed E-state index contributed by atoms with van der Waals surface area (Å²) in [6, 6.07) is 1.47. The molecular weight excluding hydrogens is 282 g/mol. The van der Waals surface area contributed by atoms with Crippen LogP contribution in [-0.4, -0.2) is 72.6 Å². The van der Waals surface area contributed by atoms with Gasteiger partial charge in [-0.1, -0.05) is 0 Å². The standard InChI is InChI=1S/C20H39N3/c1-17(2)22-10-5-19(6-11-22)15-21-12-7-20(8-13-21)9-14-23(16-20)18(3)4/h17-19H,5-16H2,1-4H3. The van der Waals surface area contributed by atoms with Crippen LogP contribution in [0.15, 0.2) is 0 Å². The predicted octanol–water partition coefficient (Wildman–Crippen LogP) is 3.30. The van der Waals surface area contributed by atoms with Crippen molar-refractivity contribution in [2.75, 3.05) is 45.8 Å². The minimum Gasteiger partial charge on any atom is -0.303 e. The highest BCUT2D eigenvalue weighted by atomic mass is 15.2. The van der Waals surface area contributed by atoms with Crippen LogP contribution in [0.2, 0.25) is 0 Å². The molecule has 0 radical (unpaired) electrons. The van der Waals surface area contributed by atoms with Gasteiger partial charge in [-0.3, -0.25) is 0 Å². The van der Waals surface area contributed by atoms with Crippen LogP contribution in [0.25, 0.3) is 0 Å². The first-order chi connectivity index (χ1) is 11.0. The Morgan fingerprint density at radius 2 is 1.35 bits per heavy atom. The van der Waals surface area contributed by atoms with E-state index in [2.05, 4.69) is 42.4 Å². The lowest BCUT2D eigenvalue weighted by Gasteiger charge is -2.42. The fraction of sp³-hybridized carbons (Fsp3) is 1.00. The Morgan fingerprint density at radius 1 is 0.783 bits per heavy atom. The van der Waals surface area contributed by atoms with Crippen molar-refractivity contribution in [1.82, 2.24) is 14.7 Å². The van der Waals surface area contributed by atoms with E-state index in [1.165, 1.54) is 77.9 Å². The summed E-state index contributed by atoms with van der Waals surface area (Å²) >= 11 is 0. The summed E-state index contributed by atoms with van der Waals surface area (Å²) in [4.78, 5) is 8.15. The molecule has 3 saturated heterocycles. The number of likely N-dealkylation sites (tertiary alicyclic amines) is 3. The molecule has 0 aromatic heterocycles. The Hall–Kier alpha value is -0.120. The summed E-state index contributed by atoms with van der Waals surface area (Å²) in [6.07, 6.45) is 7.18. The highest BCUT2D eigenvalue weighted by molar-refractivity contribution is 4.95. The summed E-state index contributed by atoms with van der Waals surface area (Å²) in [5.74, 6) is 0.954. The molecule has 0 aliphatic carbocycles. The van der Waals surface area contributed by atoms with Crippen molar-refractivity contribution in [2.24, 2.45) is 11.3 Å². The average Bonchev–Trinajstić information content (AvgIpc) is 2.95. The summed E-state index contributed by atoms with van der Waals surface area (Å²) in [7, 11) is 0. The molecule has 0 aromatic rings. The van der Waals surface area contributed by atoms with Crippen molar-refractivity contribution in [2.45, 2.75) is 71.9 Å². The number of rotatable bonds is 4. The third-order valence-corrected chi connectivity index (χ3v) is 7.01. The van der Waals surface area contributed by atoms with E-state index in [0.717, 1.165) is 18.0 Å². The van der Waals surface area contributed by atoms with Crippen LogP contribution in [0, 0.1) is 11.3 Å². The van der Waals surface area contributed by atoms with Crippen molar-refractivity contribution in [3.05, 3.63) is 0 Å². The Bertz CT molecular complexity index is 363. The Kier molecular flexibility index (Phi) is 5.70. The smallest absolute Gasteiger partial charge is 0.00421 e. The second kappa shape index (κ2) is 7.41. The molecule has 134 valence electrons. The topological polar surface area (TPSA) is 9.72 Å². The Labute approximate surface area is 144 Å². The van der Waals surface area contributed by atoms with Gasteiger partial charge in [0.15, 0.2) is 0 Å². The first-order valence-corrected chi connectivity index (χ1v) is 10.2. The molecule has 0 bridgehead atoms. The molecule has 3 aliphatic heterocycles. The maximum Gasteiger partial charge on any atom is 0.00421 e. The molecule has 3 nitrogen and oxygen atoms in total. The first-order valence-electron chi connectivity index (χ1n) is 10.2. The lowest BCUT2D eigenvalue weighted by Crippen LogP contribution is -2.46. The van der Waals surface area contributed by atoms with Crippen LogP contribution in [0.3, 0.4) is 0 Å². The zero-order chi connectivity index (χ0) is 16.4. The Morgan fingerprint density at radius 3 is 1.87 bits per heavy atom. The minimum absolute atomic E-state index is 0.668. The van der Waals surface area contributed by atoms with E-state index in [1.54, 1.807) is 0 Å². The maximum absolute atomic E-state index is 2.79. The lowest BCUT2D eigenvalue weighted by molar-refractivity contribution is 0.0722. The van der Waals surface area contributed by atoms with Gasteiger partial charge in [0.25, 0.3) is 0 Å². The summed E-state index contributed by atoms with van der Waals surface area (Å²) < 4.78 is 0. The van der Waals surface area contributed by atoms with Crippen LogP contribution in [0.1, 0.15) is 59.8 Å². The fourth-order valence-corrected chi connectivity index (χ4v) is 5.05. The van der Waals surface area contributed by atoms with Gasteiger partial charge in [0.05, 0.1) is 0 Å². The van der Waals surface area contributed by atoms with Crippen molar-refractivity contribution in [1.29, 1.82) is 0 Å². The molecule has 0 amide bonds.